The van der Waals surface area contributed by atoms with Crippen molar-refractivity contribution >= 4 is 11.8 Å². The monoisotopic (exact) mass is 359 g/mol. The number of Topliss-reactive ketones (excluding diaryl/α,β-unsaturated/α-hetero) is 1. The van der Waals surface area contributed by atoms with Gasteiger partial charge in [0.2, 0.25) is 0 Å². The van der Waals surface area contributed by atoms with E-state index in [1.807, 2.05) is 17.2 Å². The lowest BCUT2D eigenvalue weighted by molar-refractivity contribution is -0.148. The van der Waals surface area contributed by atoms with Crippen LogP contribution < -0.4 is 0 Å². The van der Waals surface area contributed by atoms with E-state index in [9.17, 15) is 14.0 Å². The Morgan fingerprint density at radius 3 is 2.96 bits per heavy atom. The van der Waals surface area contributed by atoms with Crippen LogP contribution >= 0.6 is 0 Å². The average molecular weight is 359 g/mol. The third-order valence-corrected chi connectivity index (χ3v) is 4.64. The maximum atomic E-state index is 13.2. The number of carbonyl (C=O) groups excluding carboxylic acids is 2. The molecule has 0 amide bonds. The first-order valence-corrected chi connectivity index (χ1v) is 8.71. The van der Waals surface area contributed by atoms with Gasteiger partial charge in [0.05, 0.1) is 19.1 Å². The van der Waals surface area contributed by atoms with Crippen LogP contribution in [-0.4, -0.2) is 41.9 Å². The van der Waals surface area contributed by atoms with E-state index < -0.39 is 12.1 Å². The van der Waals surface area contributed by atoms with Gasteiger partial charge in [0.25, 0.3) is 0 Å². The highest BCUT2D eigenvalue weighted by molar-refractivity contribution is 5.92. The van der Waals surface area contributed by atoms with Crippen molar-refractivity contribution in [3.8, 4) is 0 Å². The molecule has 1 aliphatic heterocycles. The summed E-state index contributed by atoms with van der Waals surface area (Å²) in [5, 5.41) is 0. The fourth-order valence-corrected chi connectivity index (χ4v) is 3.17. The lowest BCUT2D eigenvalue weighted by atomic mass is 9.88. The second-order valence-corrected chi connectivity index (χ2v) is 6.43. The molecular formula is C20H22FNO4. The van der Waals surface area contributed by atoms with E-state index in [0.29, 0.717) is 18.7 Å². The largest absolute Gasteiger partial charge is 0.464 e. The molecule has 5 nitrogen and oxygen atoms in total. The Morgan fingerprint density at radius 1 is 1.42 bits per heavy atom. The molecule has 1 aliphatic carbocycles. The van der Waals surface area contributed by atoms with Crippen LogP contribution in [0.4, 0.5) is 4.39 Å². The second-order valence-electron chi connectivity index (χ2n) is 6.43. The Kier molecular flexibility index (Phi) is 5.52. The molecule has 0 N–H and O–H groups in total. The molecule has 0 spiro atoms. The number of esters is 1. The highest BCUT2D eigenvalue weighted by atomic mass is 19.1. The molecule has 0 saturated heterocycles. The first kappa shape index (κ1) is 18.3. The molecule has 0 radical (unpaired) electrons. The van der Waals surface area contributed by atoms with Crippen molar-refractivity contribution in [3.63, 3.8) is 0 Å². The van der Waals surface area contributed by atoms with Crippen LogP contribution in [0.2, 0.25) is 0 Å². The van der Waals surface area contributed by atoms with Gasteiger partial charge >= 0.3 is 5.97 Å². The number of rotatable bonds is 6. The Labute approximate surface area is 152 Å². The summed E-state index contributed by atoms with van der Waals surface area (Å²) >= 11 is 0. The number of benzene rings is 1. The first-order chi connectivity index (χ1) is 12.5. The van der Waals surface area contributed by atoms with Crippen LogP contribution in [0.3, 0.4) is 0 Å². The number of ether oxygens (including phenoxy) is 2. The molecule has 3 atom stereocenters. The molecule has 1 heterocycles. The first-order valence-electron chi connectivity index (χ1n) is 8.71. The quantitative estimate of drug-likeness (QED) is 0.731. The van der Waals surface area contributed by atoms with Crippen molar-refractivity contribution in [2.24, 2.45) is 5.92 Å². The number of hydrogen-bond acceptors (Lipinski definition) is 5. The molecule has 0 bridgehead atoms. The van der Waals surface area contributed by atoms with Crippen molar-refractivity contribution in [2.75, 3.05) is 13.2 Å². The minimum absolute atomic E-state index is 0.0475. The topological polar surface area (TPSA) is 55.8 Å². The van der Waals surface area contributed by atoms with Crippen LogP contribution in [0.25, 0.3) is 0 Å². The summed E-state index contributed by atoms with van der Waals surface area (Å²) in [6.45, 7) is 4.44. The lowest BCUT2D eigenvalue weighted by Crippen LogP contribution is -2.40. The Morgan fingerprint density at radius 2 is 2.23 bits per heavy atom. The van der Waals surface area contributed by atoms with Gasteiger partial charge in [-0.15, -0.1) is 0 Å². The minimum Gasteiger partial charge on any atom is -0.464 e. The molecule has 1 aromatic rings. The van der Waals surface area contributed by atoms with Crippen LogP contribution in [0, 0.1) is 11.7 Å². The molecule has 26 heavy (non-hydrogen) atoms. The van der Waals surface area contributed by atoms with Gasteiger partial charge in [0, 0.05) is 12.7 Å². The third-order valence-electron chi connectivity index (χ3n) is 4.64. The van der Waals surface area contributed by atoms with Gasteiger partial charge in [-0.2, -0.15) is 0 Å². The van der Waals surface area contributed by atoms with Gasteiger partial charge < -0.3 is 14.4 Å². The van der Waals surface area contributed by atoms with E-state index in [0.717, 1.165) is 5.57 Å². The van der Waals surface area contributed by atoms with E-state index in [2.05, 4.69) is 0 Å². The molecule has 138 valence electrons. The summed E-state index contributed by atoms with van der Waals surface area (Å²) in [4.78, 5) is 26.5. The van der Waals surface area contributed by atoms with Crippen LogP contribution in [-0.2, 0) is 25.7 Å². The summed E-state index contributed by atoms with van der Waals surface area (Å²) < 4.78 is 24.0. The molecule has 3 rings (SSSR count). The van der Waals surface area contributed by atoms with Crippen LogP contribution in [0.5, 0.6) is 0 Å². The zero-order valence-electron chi connectivity index (χ0n) is 14.9. The van der Waals surface area contributed by atoms with Crippen molar-refractivity contribution in [2.45, 2.75) is 32.6 Å². The van der Waals surface area contributed by atoms with Crippen molar-refractivity contribution < 1.29 is 23.5 Å². The molecule has 0 fully saturated rings. The molecule has 2 aliphatic rings. The van der Waals surface area contributed by atoms with Gasteiger partial charge in [-0.25, -0.2) is 9.18 Å². The molecule has 0 aromatic heterocycles. The number of carbonyl (C=O) groups is 2. The summed E-state index contributed by atoms with van der Waals surface area (Å²) in [5.41, 5.74) is 1.55. The van der Waals surface area contributed by atoms with Crippen molar-refractivity contribution in [3.05, 3.63) is 59.6 Å². The number of fused-ring (bicyclic) bond motifs is 1. The molecule has 3 unspecified atom stereocenters. The van der Waals surface area contributed by atoms with Gasteiger partial charge in [-0.05, 0) is 43.2 Å². The second kappa shape index (κ2) is 7.83. The SMILES string of the molecule is CCOC(=O)C(C)N1C=C2C=CC(OCc3cccc(F)c3)C(=O)C2C1. The van der Waals surface area contributed by atoms with Crippen LogP contribution in [0.1, 0.15) is 19.4 Å². The zero-order valence-corrected chi connectivity index (χ0v) is 14.9. The van der Waals surface area contributed by atoms with E-state index in [-0.39, 0.29) is 30.1 Å². The number of nitrogens with zero attached hydrogens (tertiary/aromatic N) is 1. The summed E-state index contributed by atoms with van der Waals surface area (Å²) in [7, 11) is 0. The molecule has 6 heteroatoms. The fourth-order valence-electron chi connectivity index (χ4n) is 3.17. The number of hydrogen-bond donors (Lipinski definition) is 0. The Hall–Kier alpha value is -2.47. The predicted octanol–water partition coefficient (Wildman–Crippen LogP) is 2.62. The van der Waals surface area contributed by atoms with Gasteiger partial charge in [-0.1, -0.05) is 18.2 Å². The average Bonchev–Trinajstić information content (AvgIpc) is 3.06. The fraction of sp³-hybridized carbons (Fsp3) is 0.400. The van der Waals surface area contributed by atoms with Crippen molar-refractivity contribution in [1.82, 2.24) is 4.90 Å². The maximum Gasteiger partial charge on any atom is 0.328 e. The molecule has 1 aromatic carbocycles. The lowest BCUT2D eigenvalue weighted by Gasteiger charge is -2.25. The standard InChI is InChI=1S/C20H22FNO4/c1-3-25-20(24)13(2)22-10-15-7-8-18(19(23)17(15)11-22)26-12-14-5-4-6-16(21)9-14/h4-10,13,17-18H,3,11-12H2,1-2H3. The minimum atomic E-state index is -0.668. The van der Waals surface area contributed by atoms with Crippen LogP contribution in [0.15, 0.2) is 48.2 Å². The van der Waals surface area contributed by atoms with E-state index in [1.165, 1.54) is 12.1 Å². The maximum absolute atomic E-state index is 13.2. The Bertz CT molecular complexity index is 758. The number of allylic oxidation sites excluding steroid dienone is 1. The highest BCUT2D eigenvalue weighted by Gasteiger charge is 2.38. The van der Waals surface area contributed by atoms with Crippen molar-refractivity contribution in [1.29, 1.82) is 0 Å². The van der Waals surface area contributed by atoms with E-state index >= 15 is 0 Å². The number of ketones is 1. The summed E-state index contributed by atoms with van der Waals surface area (Å²) in [6, 6.07) is 5.67. The van der Waals surface area contributed by atoms with E-state index in [1.54, 1.807) is 32.1 Å². The normalized spacial score (nSPS) is 22.8. The summed E-state index contributed by atoms with van der Waals surface area (Å²) in [5.74, 6) is -1.01. The molecular weight excluding hydrogens is 337 g/mol. The third kappa shape index (κ3) is 3.85. The highest BCUT2D eigenvalue weighted by Crippen LogP contribution is 2.31. The zero-order chi connectivity index (χ0) is 18.7. The van der Waals surface area contributed by atoms with Gasteiger partial charge in [0.1, 0.15) is 18.0 Å². The summed E-state index contributed by atoms with van der Waals surface area (Å²) in [6.07, 6.45) is 4.74. The number of halogens is 1. The Balaban J connectivity index is 1.62. The van der Waals surface area contributed by atoms with E-state index in [4.69, 9.17) is 9.47 Å². The van der Waals surface area contributed by atoms with Gasteiger partial charge in [-0.3, -0.25) is 4.79 Å². The van der Waals surface area contributed by atoms with Gasteiger partial charge in [0.15, 0.2) is 5.78 Å². The smallest absolute Gasteiger partial charge is 0.328 e. The predicted molar refractivity (Wildman–Crippen MR) is 93.5 cm³/mol. The molecule has 0 saturated carbocycles.